The van der Waals surface area contributed by atoms with Gasteiger partial charge in [0.25, 0.3) is 0 Å². The van der Waals surface area contributed by atoms with Crippen molar-refractivity contribution in [2.24, 2.45) is 23.2 Å². The van der Waals surface area contributed by atoms with Crippen LogP contribution in [0.3, 0.4) is 0 Å². The van der Waals surface area contributed by atoms with Crippen LogP contribution in [0.5, 0.6) is 5.88 Å². The van der Waals surface area contributed by atoms with Crippen molar-refractivity contribution < 1.29 is 9.53 Å². The first-order chi connectivity index (χ1) is 12.6. The van der Waals surface area contributed by atoms with Gasteiger partial charge in [0, 0.05) is 38.2 Å². The largest absolute Gasteiger partial charge is 0.474 e. The van der Waals surface area contributed by atoms with E-state index in [4.69, 9.17) is 4.74 Å². The number of rotatable bonds is 3. The maximum Gasteiger partial charge on any atom is 0.228 e. The lowest BCUT2D eigenvalue weighted by molar-refractivity contribution is -0.159. The molecule has 4 bridgehead atoms. The third kappa shape index (κ3) is 2.89. The molecule has 6 rings (SSSR count). The van der Waals surface area contributed by atoms with Gasteiger partial charge in [0.1, 0.15) is 11.9 Å². The van der Waals surface area contributed by atoms with E-state index in [0.717, 1.165) is 68.8 Å². The van der Waals surface area contributed by atoms with Crippen molar-refractivity contribution in [3.63, 3.8) is 0 Å². The molecule has 0 spiro atoms. The molecule has 5 aliphatic rings. The number of carbonyl (C=O) groups excluding carboxylic acids is 1. The molecule has 1 aromatic rings. The highest BCUT2D eigenvalue weighted by molar-refractivity contribution is 5.83. The van der Waals surface area contributed by atoms with Gasteiger partial charge < -0.3 is 9.64 Å². The number of carbonyl (C=O) groups is 1. The fourth-order valence-electron chi connectivity index (χ4n) is 6.56. The molecule has 0 unspecified atom stereocenters. The number of piperidine rings is 1. The molecule has 26 heavy (non-hydrogen) atoms. The van der Waals surface area contributed by atoms with Gasteiger partial charge in [0.05, 0.1) is 5.41 Å². The summed E-state index contributed by atoms with van der Waals surface area (Å²) in [5.74, 6) is 4.33. The second kappa shape index (κ2) is 6.21. The highest BCUT2D eigenvalue weighted by Gasteiger charge is 2.55. The summed E-state index contributed by atoms with van der Waals surface area (Å²) >= 11 is 0. The van der Waals surface area contributed by atoms with Gasteiger partial charge >= 0.3 is 0 Å². The lowest BCUT2D eigenvalue weighted by atomic mass is 9.49. The normalized spacial score (nSPS) is 36.3. The SMILES string of the molecule is Cc1nccc(OC2CCN(C(=O)C34CC5CC(CC(C5)C3)C4)CC2)n1. The number of likely N-dealkylation sites (tertiary alicyclic amines) is 1. The Morgan fingerprint density at radius 2 is 1.73 bits per heavy atom. The summed E-state index contributed by atoms with van der Waals surface area (Å²) in [7, 11) is 0. The number of aryl methyl sites for hydroxylation is 1. The number of amides is 1. The Morgan fingerprint density at radius 3 is 2.31 bits per heavy atom. The van der Waals surface area contributed by atoms with E-state index in [1.165, 1.54) is 19.3 Å². The lowest BCUT2D eigenvalue weighted by Crippen LogP contribution is -2.56. The number of ether oxygens (including phenoxy) is 1. The summed E-state index contributed by atoms with van der Waals surface area (Å²) in [6, 6.07) is 1.82. The number of nitrogens with zero attached hydrogens (tertiary/aromatic N) is 3. The van der Waals surface area contributed by atoms with Crippen LogP contribution in [-0.2, 0) is 4.79 Å². The van der Waals surface area contributed by atoms with E-state index in [-0.39, 0.29) is 11.5 Å². The van der Waals surface area contributed by atoms with E-state index < -0.39 is 0 Å². The Morgan fingerprint density at radius 1 is 1.12 bits per heavy atom. The molecule has 1 aromatic heterocycles. The molecule has 1 amide bonds. The molecule has 0 aromatic carbocycles. The molecule has 4 saturated carbocycles. The van der Waals surface area contributed by atoms with Gasteiger partial charge in [-0.25, -0.2) is 4.98 Å². The van der Waals surface area contributed by atoms with Gasteiger partial charge in [-0.1, -0.05) is 0 Å². The molecule has 2 heterocycles. The summed E-state index contributed by atoms with van der Waals surface area (Å²) < 4.78 is 6.02. The third-order valence-corrected chi connectivity index (χ3v) is 7.26. The van der Waals surface area contributed by atoms with E-state index in [2.05, 4.69) is 14.9 Å². The summed E-state index contributed by atoms with van der Waals surface area (Å²) in [6.45, 7) is 3.53. The number of hydrogen-bond acceptors (Lipinski definition) is 4. The Balaban J connectivity index is 1.21. The van der Waals surface area contributed by atoms with Gasteiger partial charge in [-0.3, -0.25) is 4.79 Å². The van der Waals surface area contributed by atoms with E-state index in [1.54, 1.807) is 6.20 Å². The molecule has 0 radical (unpaired) electrons. The van der Waals surface area contributed by atoms with Crippen LogP contribution < -0.4 is 4.74 Å². The fraction of sp³-hybridized carbons (Fsp3) is 0.762. The van der Waals surface area contributed by atoms with Crippen molar-refractivity contribution in [2.75, 3.05) is 13.1 Å². The minimum absolute atomic E-state index is 0.00773. The molecule has 0 atom stereocenters. The second-order valence-electron chi connectivity index (χ2n) is 9.25. The summed E-state index contributed by atoms with van der Waals surface area (Å²) in [4.78, 5) is 24.0. The van der Waals surface area contributed by atoms with Gasteiger partial charge in [-0.15, -0.1) is 0 Å². The Bertz CT molecular complexity index is 661. The van der Waals surface area contributed by atoms with Crippen LogP contribution in [0.15, 0.2) is 12.3 Å². The molecular formula is C21H29N3O2. The Kier molecular flexibility index (Phi) is 3.94. The van der Waals surface area contributed by atoms with Crippen LogP contribution in [0, 0.1) is 30.1 Å². The molecule has 5 fully saturated rings. The minimum Gasteiger partial charge on any atom is -0.474 e. The van der Waals surface area contributed by atoms with Gasteiger partial charge in [-0.05, 0) is 63.2 Å². The summed E-state index contributed by atoms with van der Waals surface area (Å²) in [6.07, 6.45) is 11.4. The fourth-order valence-corrected chi connectivity index (χ4v) is 6.56. The third-order valence-electron chi connectivity index (χ3n) is 7.26. The predicted molar refractivity (Wildman–Crippen MR) is 97.6 cm³/mol. The van der Waals surface area contributed by atoms with E-state index >= 15 is 0 Å². The lowest BCUT2D eigenvalue weighted by Gasteiger charge is -2.57. The molecular weight excluding hydrogens is 326 g/mol. The standard InChI is InChI=1S/C21H29N3O2/c1-14-22-5-2-19(23-14)26-18-3-6-24(7-4-18)20(25)21-11-15-8-16(12-21)10-17(9-15)13-21/h2,5,15-18H,3-4,6-13H2,1H3. The van der Waals surface area contributed by atoms with E-state index in [1.807, 2.05) is 13.0 Å². The molecule has 1 saturated heterocycles. The molecule has 5 heteroatoms. The van der Waals surface area contributed by atoms with Crippen LogP contribution in [0.2, 0.25) is 0 Å². The minimum atomic E-state index is -0.00773. The van der Waals surface area contributed by atoms with Crippen molar-refractivity contribution in [1.29, 1.82) is 0 Å². The zero-order valence-electron chi connectivity index (χ0n) is 15.7. The van der Waals surface area contributed by atoms with Gasteiger partial charge in [-0.2, -0.15) is 4.98 Å². The highest BCUT2D eigenvalue weighted by atomic mass is 16.5. The average Bonchev–Trinajstić information content (AvgIpc) is 2.61. The first-order valence-electron chi connectivity index (χ1n) is 10.4. The average molecular weight is 355 g/mol. The van der Waals surface area contributed by atoms with Crippen LogP contribution in [-0.4, -0.2) is 40.0 Å². The van der Waals surface area contributed by atoms with Crippen molar-refractivity contribution in [2.45, 2.75) is 64.4 Å². The van der Waals surface area contributed by atoms with Crippen molar-refractivity contribution >= 4 is 5.91 Å². The first kappa shape index (κ1) is 16.5. The molecule has 0 N–H and O–H groups in total. The zero-order valence-corrected chi connectivity index (χ0v) is 15.7. The first-order valence-corrected chi connectivity index (χ1v) is 10.4. The quantitative estimate of drug-likeness (QED) is 0.834. The van der Waals surface area contributed by atoms with Crippen LogP contribution in [0.1, 0.15) is 57.2 Å². The smallest absolute Gasteiger partial charge is 0.228 e. The van der Waals surface area contributed by atoms with Crippen molar-refractivity contribution in [3.8, 4) is 5.88 Å². The van der Waals surface area contributed by atoms with E-state index in [9.17, 15) is 4.79 Å². The number of aromatic nitrogens is 2. The molecule has 4 aliphatic carbocycles. The maximum atomic E-state index is 13.4. The zero-order chi connectivity index (χ0) is 17.7. The molecule has 140 valence electrons. The predicted octanol–water partition coefficient (Wildman–Crippen LogP) is 3.37. The Labute approximate surface area is 155 Å². The van der Waals surface area contributed by atoms with Crippen LogP contribution >= 0.6 is 0 Å². The van der Waals surface area contributed by atoms with E-state index in [0.29, 0.717) is 11.8 Å². The monoisotopic (exact) mass is 355 g/mol. The Hall–Kier alpha value is -1.65. The molecule has 5 nitrogen and oxygen atoms in total. The molecule has 1 aliphatic heterocycles. The summed E-state index contributed by atoms with van der Waals surface area (Å²) in [5.41, 5.74) is -0.00773. The topological polar surface area (TPSA) is 55.3 Å². The summed E-state index contributed by atoms with van der Waals surface area (Å²) in [5, 5.41) is 0. The highest BCUT2D eigenvalue weighted by Crippen LogP contribution is 2.60. The number of hydrogen-bond donors (Lipinski definition) is 0. The maximum absolute atomic E-state index is 13.4. The van der Waals surface area contributed by atoms with Gasteiger partial charge in [0.2, 0.25) is 11.8 Å². The second-order valence-corrected chi connectivity index (χ2v) is 9.25. The van der Waals surface area contributed by atoms with Crippen LogP contribution in [0.25, 0.3) is 0 Å². The van der Waals surface area contributed by atoms with Crippen LogP contribution in [0.4, 0.5) is 0 Å². The van der Waals surface area contributed by atoms with Crippen molar-refractivity contribution in [1.82, 2.24) is 14.9 Å². The van der Waals surface area contributed by atoms with Gasteiger partial charge in [0.15, 0.2) is 0 Å². The van der Waals surface area contributed by atoms with Crippen molar-refractivity contribution in [3.05, 3.63) is 18.1 Å².